The molecule has 2 rings (SSSR count). The third-order valence-electron chi connectivity index (χ3n) is 5.40. The molecule has 16 nitrogen and oxygen atoms in total. The number of carbonyl (C=O) groups is 6. The first-order valence-corrected chi connectivity index (χ1v) is 11.6. The van der Waals surface area contributed by atoms with Crippen LogP contribution < -0.4 is 33.2 Å². The van der Waals surface area contributed by atoms with E-state index in [-0.39, 0.29) is 18.6 Å². The largest absolute Gasteiger partial charge is 0.508 e. The van der Waals surface area contributed by atoms with Crippen LogP contribution in [0.25, 0.3) is 0 Å². The number of hydrogen-bond donors (Lipinski definition) is 9. The lowest BCUT2D eigenvalue weighted by atomic mass is 10.0. The molecule has 1 aromatic carbocycles. The first kappa shape index (κ1) is 30.2. The van der Waals surface area contributed by atoms with Crippen LogP contribution >= 0.6 is 0 Å². The number of primary amides is 2. The fourth-order valence-corrected chi connectivity index (χ4v) is 3.44. The quantitative estimate of drug-likeness (QED) is 0.106. The predicted octanol–water partition coefficient (Wildman–Crippen LogP) is -3.48. The van der Waals surface area contributed by atoms with Crippen LogP contribution in [0, 0.1) is 0 Å². The number of carboxylic acid groups (broad SMARTS) is 1. The van der Waals surface area contributed by atoms with E-state index in [1.54, 1.807) is 12.1 Å². The average molecular weight is 547 g/mol. The number of H-pyrrole nitrogens is 1. The van der Waals surface area contributed by atoms with Gasteiger partial charge in [0.05, 0.1) is 25.2 Å². The Kier molecular flexibility index (Phi) is 10.9. The maximum absolute atomic E-state index is 12.9. The molecule has 0 saturated heterocycles. The van der Waals surface area contributed by atoms with Crippen LogP contribution in [0.5, 0.6) is 5.75 Å². The lowest BCUT2D eigenvalue weighted by Gasteiger charge is -2.24. The molecule has 39 heavy (non-hydrogen) atoms. The number of nitrogens with zero attached hydrogens (tertiary/aromatic N) is 1. The molecule has 12 N–H and O–H groups in total. The highest BCUT2D eigenvalue weighted by molar-refractivity contribution is 5.97. The number of nitrogens with two attached hydrogens (primary N) is 3. The normalized spacial score (nSPS) is 13.8. The summed E-state index contributed by atoms with van der Waals surface area (Å²) in [6.45, 7) is 0. The van der Waals surface area contributed by atoms with Crippen molar-refractivity contribution in [2.45, 2.75) is 49.9 Å². The van der Waals surface area contributed by atoms with E-state index in [2.05, 4.69) is 25.9 Å². The lowest BCUT2D eigenvalue weighted by Crippen LogP contribution is -2.58. The van der Waals surface area contributed by atoms with Crippen LogP contribution in [0.15, 0.2) is 36.8 Å². The van der Waals surface area contributed by atoms with Crippen molar-refractivity contribution in [1.82, 2.24) is 25.9 Å². The molecule has 210 valence electrons. The van der Waals surface area contributed by atoms with Gasteiger partial charge in [-0.1, -0.05) is 12.1 Å². The summed E-state index contributed by atoms with van der Waals surface area (Å²) >= 11 is 0. The van der Waals surface area contributed by atoms with Gasteiger partial charge in [-0.15, -0.1) is 0 Å². The Morgan fingerprint density at radius 3 is 1.79 bits per heavy atom. The Labute approximate surface area is 221 Å². The van der Waals surface area contributed by atoms with E-state index < -0.39 is 72.5 Å². The van der Waals surface area contributed by atoms with Crippen LogP contribution in [-0.2, 0) is 41.6 Å². The summed E-state index contributed by atoms with van der Waals surface area (Å²) in [6.07, 6.45) is 1.12. The fourth-order valence-electron chi connectivity index (χ4n) is 3.44. The second kappa shape index (κ2) is 14.1. The number of rotatable bonds is 15. The first-order valence-electron chi connectivity index (χ1n) is 11.6. The number of amides is 5. The number of phenolic OH excluding ortho intramolecular Hbond substituents is 1. The van der Waals surface area contributed by atoms with E-state index >= 15 is 0 Å². The van der Waals surface area contributed by atoms with Gasteiger partial charge in [-0.05, 0) is 24.1 Å². The van der Waals surface area contributed by atoms with E-state index in [1.165, 1.54) is 24.7 Å². The molecular weight excluding hydrogens is 516 g/mol. The molecule has 0 aliphatic heterocycles. The minimum Gasteiger partial charge on any atom is -0.508 e. The Bertz CT molecular complexity index is 1190. The van der Waals surface area contributed by atoms with Crippen molar-refractivity contribution in [3.63, 3.8) is 0 Å². The number of aromatic amines is 1. The van der Waals surface area contributed by atoms with E-state index in [0.717, 1.165) is 0 Å². The molecule has 0 aliphatic rings. The summed E-state index contributed by atoms with van der Waals surface area (Å²) < 4.78 is 0. The molecule has 0 aliphatic carbocycles. The number of nitrogens with one attached hydrogen (secondary N) is 4. The molecule has 0 radical (unpaired) electrons. The van der Waals surface area contributed by atoms with E-state index in [4.69, 9.17) is 17.2 Å². The van der Waals surface area contributed by atoms with E-state index in [9.17, 15) is 39.0 Å². The van der Waals surface area contributed by atoms with Crippen molar-refractivity contribution in [3.8, 4) is 5.75 Å². The van der Waals surface area contributed by atoms with Gasteiger partial charge >= 0.3 is 5.97 Å². The van der Waals surface area contributed by atoms with Gasteiger partial charge in [-0.25, -0.2) is 9.78 Å². The van der Waals surface area contributed by atoms with Crippen molar-refractivity contribution in [2.75, 3.05) is 0 Å². The summed E-state index contributed by atoms with van der Waals surface area (Å²) in [4.78, 5) is 79.6. The van der Waals surface area contributed by atoms with Gasteiger partial charge < -0.3 is 48.3 Å². The van der Waals surface area contributed by atoms with Crippen LogP contribution in [-0.4, -0.2) is 79.9 Å². The summed E-state index contributed by atoms with van der Waals surface area (Å²) in [5.74, 6) is -6.30. The summed E-state index contributed by atoms with van der Waals surface area (Å²) in [7, 11) is 0. The average Bonchev–Trinajstić information content (AvgIpc) is 3.36. The third kappa shape index (κ3) is 10.1. The van der Waals surface area contributed by atoms with Crippen LogP contribution in [0.2, 0.25) is 0 Å². The van der Waals surface area contributed by atoms with E-state index in [0.29, 0.717) is 11.3 Å². The van der Waals surface area contributed by atoms with Crippen molar-refractivity contribution >= 4 is 35.5 Å². The van der Waals surface area contributed by atoms with Gasteiger partial charge in [0, 0.05) is 18.3 Å². The number of phenols is 1. The molecule has 2 aromatic rings. The van der Waals surface area contributed by atoms with Crippen molar-refractivity contribution < 1.29 is 39.0 Å². The number of benzene rings is 1. The molecule has 0 saturated carbocycles. The van der Waals surface area contributed by atoms with Gasteiger partial charge in [0.2, 0.25) is 29.5 Å². The van der Waals surface area contributed by atoms with E-state index in [1.807, 2.05) is 0 Å². The predicted molar refractivity (Wildman–Crippen MR) is 133 cm³/mol. The van der Waals surface area contributed by atoms with Gasteiger partial charge in [-0.3, -0.25) is 24.0 Å². The Morgan fingerprint density at radius 2 is 1.33 bits per heavy atom. The lowest BCUT2D eigenvalue weighted by molar-refractivity contribution is -0.142. The van der Waals surface area contributed by atoms with Crippen LogP contribution in [0.1, 0.15) is 24.1 Å². The summed E-state index contributed by atoms with van der Waals surface area (Å²) in [5.41, 5.74) is 17.3. The topological polar surface area (TPSA) is 286 Å². The van der Waals surface area contributed by atoms with Crippen LogP contribution in [0.4, 0.5) is 0 Å². The Hall–Kier alpha value is -4.99. The fraction of sp³-hybridized carbons (Fsp3) is 0.348. The maximum Gasteiger partial charge on any atom is 0.326 e. The number of aromatic hydroxyl groups is 1. The van der Waals surface area contributed by atoms with Crippen molar-refractivity contribution in [1.29, 1.82) is 0 Å². The minimum absolute atomic E-state index is 0.0144. The molecule has 4 atom stereocenters. The zero-order valence-corrected chi connectivity index (χ0v) is 20.6. The number of imidazole rings is 1. The zero-order valence-electron chi connectivity index (χ0n) is 20.6. The molecule has 0 fully saturated rings. The Morgan fingerprint density at radius 1 is 0.821 bits per heavy atom. The number of aromatic nitrogens is 2. The monoisotopic (exact) mass is 546 g/mol. The Balaban J connectivity index is 2.12. The molecule has 5 amide bonds. The molecule has 1 heterocycles. The zero-order chi connectivity index (χ0) is 29.1. The second-order valence-corrected chi connectivity index (χ2v) is 8.62. The molecule has 16 heteroatoms. The van der Waals surface area contributed by atoms with Gasteiger partial charge in [0.25, 0.3) is 0 Å². The molecular formula is C23H30N8O8. The number of hydrogen-bond acceptors (Lipinski definition) is 9. The van der Waals surface area contributed by atoms with Crippen molar-refractivity contribution in [2.24, 2.45) is 17.2 Å². The SMILES string of the molecule is NC(=O)CC(NC(=O)C(N)Cc1ccc(O)cc1)C(=O)NC(CC(N)=O)C(=O)NC(Cc1cnc[nH]1)C(=O)O. The highest BCUT2D eigenvalue weighted by atomic mass is 16.4. The number of carbonyl (C=O) groups excluding carboxylic acids is 5. The molecule has 4 unspecified atom stereocenters. The van der Waals surface area contributed by atoms with Gasteiger partial charge in [0.15, 0.2) is 0 Å². The summed E-state index contributed by atoms with van der Waals surface area (Å²) in [6, 6.07) is 0.0415. The third-order valence-corrected chi connectivity index (χ3v) is 5.40. The van der Waals surface area contributed by atoms with Gasteiger partial charge in [-0.2, -0.15) is 0 Å². The molecule has 0 spiro atoms. The highest BCUT2D eigenvalue weighted by Crippen LogP contribution is 2.11. The van der Waals surface area contributed by atoms with Crippen molar-refractivity contribution in [3.05, 3.63) is 48.0 Å². The van der Waals surface area contributed by atoms with Gasteiger partial charge in [0.1, 0.15) is 23.9 Å². The number of aliphatic carboxylic acids is 1. The standard InChI is InChI=1S/C23H30N8O8/c24-14(5-11-1-3-13(32)4-2-11)20(35)29-15(7-18(25)33)21(36)30-16(8-19(26)34)22(37)31-17(23(38)39)6-12-9-27-10-28-12/h1-4,9-10,14-17,32H,5-8,24H2,(H2,25,33)(H2,26,34)(H,27,28)(H,29,35)(H,30,36)(H,31,37)(H,38,39). The number of carboxylic acids is 1. The minimum atomic E-state index is -1.64. The molecule has 1 aromatic heterocycles. The summed E-state index contributed by atoms with van der Waals surface area (Å²) in [5, 5.41) is 25.5. The van der Waals surface area contributed by atoms with Crippen LogP contribution in [0.3, 0.4) is 0 Å². The maximum atomic E-state index is 12.9. The highest BCUT2D eigenvalue weighted by Gasteiger charge is 2.32. The second-order valence-electron chi connectivity index (χ2n) is 8.62. The smallest absolute Gasteiger partial charge is 0.326 e. The molecule has 0 bridgehead atoms. The first-order chi connectivity index (χ1) is 18.3.